The van der Waals surface area contributed by atoms with E-state index >= 15 is 0 Å². The van der Waals surface area contributed by atoms with Gasteiger partial charge in [-0.2, -0.15) is 8.42 Å². The third kappa shape index (κ3) is 14.9. The molecule has 2 aliphatic heterocycles. The number of anilines is 2. The van der Waals surface area contributed by atoms with Gasteiger partial charge in [-0.3, -0.25) is 19.6 Å². The lowest BCUT2D eigenvalue weighted by molar-refractivity contribution is -0.384. The molecule has 2 heterocycles. The van der Waals surface area contributed by atoms with Crippen molar-refractivity contribution in [1.29, 1.82) is 0 Å². The summed E-state index contributed by atoms with van der Waals surface area (Å²) < 4.78 is 43.6. The number of nitro benzene ring substituents is 1. The number of nitrogens with one attached hydrogen (secondary N) is 3. The zero-order valence-corrected chi connectivity index (χ0v) is 38.8. The number of benzene rings is 3. The maximum absolute atomic E-state index is 12.6. The molecule has 3 aliphatic rings. The number of ether oxygens (including phenoxy) is 1. The summed E-state index contributed by atoms with van der Waals surface area (Å²) in [5, 5.41) is 17.6. The molecule has 1 saturated carbocycles. The molecule has 0 amide bonds. The Hall–Kier alpha value is -3.24. The molecule has 4 N–H and O–H groups in total. The Balaban J connectivity index is 1.01. The Morgan fingerprint density at radius 2 is 1.60 bits per heavy atom. The van der Waals surface area contributed by atoms with Gasteiger partial charge in [0, 0.05) is 81.2 Å². The number of rotatable bonds is 22. The first-order chi connectivity index (χ1) is 30.1. The summed E-state index contributed by atoms with van der Waals surface area (Å²) in [7, 11) is -4.66. The van der Waals surface area contributed by atoms with Crippen molar-refractivity contribution in [2.75, 3.05) is 56.2 Å². The summed E-state index contributed by atoms with van der Waals surface area (Å²) in [5.74, 6) is 0.911. The Bertz CT molecular complexity index is 1910. The molecular formula is C48H72N6O6S2. The van der Waals surface area contributed by atoms with Gasteiger partial charge < -0.3 is 20.3 Å². The molecule has 2 saturated heterocycles. The van der Waals surface area contributed by atoms with Crippen LogP contribution in [0.2, 0.25) is 0 Å². The van der Waals surface area contributed by atoms with E-state index in [9.17, 15) is 23.1 Å². The average molecular weight is 893 g/mol. The number of piperazine rings is 1. The second kappa shape index (κ2) is 24.7. The van der Waals surface area contributed by atoms with E-state index in [4.69, 9.17) is 4.74 Å². The smallest absolute Gasteiger partial charge is 0.292 e. The minimum absolute atomic E-state index is 0.0785. The predicted octanol–water partition coefficient (Wildman–Crippen LogP) is 10.5. The van der Waals surface area contributed by atoms with E-state index in [-0.39, 0.29) is 11.3 Å². The van der Waals surface area contributed by atoms with Crippen LogP contribution in [0.15, 0.2) is 71.6 Å². The van der Waals surface area contributed by atoms with Gasteiger partial charge in [0.1, 0.15) is 5.69 Å². The zero-order chi connectivity index (χ0) is 43.7. The molecule has 62 heavy (non-hydrogen) atoms. The van der Waals surface area contributed by atoms with Crippen molar-refractivity contribution in [3.05, 3.63) is 93.5 Å². The lowest BCUT2D eigenvalue weighted by atomic mass is 9.85. The quantitative estimate of drug-likeness (QED) is 0.0250. The molecule has 1 aliphatic carbocycles. The topological polar surface area (TPSA) is 149 Å². The van der Waals surface area contributed by atoms with Crippen molar-refractivity contribution >= 4 is 39.1 Å². The predicted molar refractivity (Wildman–Crippen MR) is 254 cm³/mol. The largest absolute Gasteiger partial charge is 0.381 e. The summed E-state index contributed by atoms with van der Waals surface area (Å²) in [6.07, 6.45) is 18.8. The minimum atomic E-state index is -4.66. The highest BCUT2D eigenvalue weighted by molar-refractivity contribution is 7.98. The molecule has 3 aromatic rings. The van der Waals surface area contributed by atoms with E-state index < -0.39 is 20.4 Å². The monoisotopic (exact) mass is 892 g/mol. The molecule has 0 aromatic heterocycles. The summed E-state index contributed by atoms with van der Waals surface area (Å²) in [4.78, 5) is 17.2. The van der Waals surface area contributed by atoms with E-state index in [0.717, 1.165) is 68.1 Å². The number of nitro groups is 1. The molecule has 6 rings (SSSR count). The zero-order valence-electron chi connectivity index (χ0n) is 37.1. The Labute approximate surface area is 375 Å². The first-order valence-corrected chi connectivity index (χ1v) is 25.8. The van der Waals surface area contributed by atoms with Crippen molar-refractivity contribution in [1.82, 2.24) is 14.9 Å². The normalized spacial score (nSPS) is 19.0. The first kappa shape index (κ1) is 48.2. The van der Waals surface area contributed by atoms with Gasteiger partial charge in [0.25, 0.3) is 15.8 Å². The van der Waals surface area contributed by atoms with Gasteiger partial charge in [-0.25, -0.2) is 4.72 Å². The molecule has 342 valence electrons. The van der Waals surface area contributed by atoms with Crippen molar-refractivity contribution in [2.24, 2.45) is 5.92 Å². The third-order valence-electron chi connectivity index (χ3n) is 13.2. The van der Waals surface area contributed by atoms with Crippen LogP contribution in [0.3, 0.4) is 0 Å². The van der Waals surface area contributed by atoms with Crippen LogP contribution in [0.25, 0.3) is 0 Å². The first-order valence-electron chi connectivity index (χ1n) is 23.5. The van der Waals surface area contributed by atoms with E-state index in [1.165, 1.54) is 113 Å². The average Bonchev–Trinajstić information content (AvgIpc) is 3.26. The molecule has 14 heteroatoms. The van der Waals surface area contributed by atoms with Crippen LogP contribution >= 0.6 is 11.9 Å². The van der Waals surface area contributed by atoms with Crippen molar-refractivity contribution < 1.29 is 22.6 Å². The summed E-state index contributed by atoms with van der Waals surface area (Å²) in [6.45, 7) is 11.3. The van der Waals surface area contributed by atoms with E-state index in [1.807, 2.05) is 24.3 Å². The molecule has 3 aromatic carbocycles. The number of unbranched alkanes of at least 4 members (excludes halogenated alkanes) is 2. The van der Waals surface area contributed by atoms with E-state index in [0.29, 0.717) is 49.4 Å². The summed E-state index contributed by atoms with van der Waals surface area (Å²) in [6, 6.07) is 22.5. The highest BCUT2D eigenvalue weighted by Crippen LogP contribution is 2.34. The van der Waals surface area contributed by atoms with Gasteiger partial charge in [0.15, 0.2) is 5.37 Å². The van der Waals surface area contributed by atoms with Crippen LogP contribution in [0.1, 0.15) is 138 Å². The number of nitrogens with zero attached hydrogens (tertiary/aromatic N) is 3. The molecular weight excluding hydrogens is 821 g/mol. The van der Waals surface area contributed by atoms with Crippen molar-refractivity contribution in [2.45, 2.75) is 145 Å². The fraction of sp³-hybridized carbons (Fsp3) is 0.625. The molecule has 0 spiro atoms. The van der Waals surface area contributed by atoms with Crippen LogP contribution < -0.4 is 20.3 Å². The third-order valence-corrected chi connectivity index (χ3v) is 15.2. The molecule has 0 radical (unpaired) electrons. The second-order valence-electron chi connectivity index (χ2n) is 17.9. The summed E-state index contributed by atoms with van der Waals surface area (Å²) in [5.41, 5.74) is 4.24. The van der Waals surface area contributed by atoms with Crippen molar-refractivity contribution in [3.63, 3.8) is 0 Å². The van der Waals surface area contributed by atoms with Crippen LogP contribution in [0.5, 0.6) is 0 Å². The standard InChI is InChI=1S/C48H72N6O6S2/c1-3-4-8-13-39(19-18-37(2)50-42-15-9-6-5-7-10-16-42)45-17-12-11-14-41(45)36-52-28-30-53(31-29-52)43-21-23-44(24-22-43)61-51-48(62(57,58)59)40-20-25-46(47(34-40)54(55)56)49-35-38-26-32-60-33-27-38/h11-12,14,17,20-25,34,37-39,42,48-51H,3-10,13,15-16,18-19,26-33,35-36H2,1-2H3,(H,57,58,59). The highest BCUT2D eigenvalue weighted by atomic mass is 32.2. The lowest BCUT2D eigenvalue weighted by Crippen LogP contribution is -2.46. The highest BCUT2D eigenvalue weighted by Gasteiger charge is 2.29. The van der Waals surface area contributed by atoms with Gasteiger partial charge in [0.05, 0.1) is 4.92 Å². The van der Waals surface area contributed by atoms with Gasteiger partial charge in [-0.05, 0) is 123 Å². The summed E-state index contributed by atoms with van der Waals surface area (Å²) >= 11 is 1.06. The lowest BCUT2D eigenvalue weighted by Gasteiger charge is -2.37. The second-order valence-corrected chi connectivity index (χ2v) is 20.3. The fourth-order valence-corrected chi connectivity index (χ4v) is 11.3. The Morgan fingerprint density at radius 3 is 2.29 bits per heavy atom. The molecule has 3 unspecified atom stereocenters. The molecule has 3 atom stereocenters. The van der Waals surface area contributed by atoms with E-state index in [2.05, 4.69) is 63.3 Å². The van der Waals surface area contributed by atoms with Crippen LogP contribution in [-0.2, 0) is 21.4 Å². The van der Waals surface area contributed by atoms with Gasteiger partial charge in [-0.1, -0.05) is 88.6 Å². The number of hydrogen-bond acceptors (Lipinski definition) is 11. The van der Waals surface area contributed by atoms with Gasteiger partial charge in [-0.15, -0.1) is 0 Å². The maximum Gasteiger partial charge on any atom is 0.292 e. The van der Waals surface area contributed by atoms with Gasteiger partial charge >= 0.3 is 0 Å². The molecule has 12 nitrogen and oxygen atoms in total. The molecule has 0 bridgehead atoms. The Kier molecular flexibility index (Phi) is 19.2. The van der Waals surface area contributed by atoms with Crippen molar-refractivity contribution in [3.8, 4) is 0 Å². The van der Waals surface area contributed by atoms with Gasteiger partial charge in [0.2, 0.25) is 0 Å². The minimum Gasteiger partial charge on any atom is -0.381 e. The van der Waals surface area contributed by atoms with E-state index in [1.54, 1.807) is 0 Å². The maximum atomic E-state index is 12.6. The van der Waals surface area contributed by atoms with Crippen LogP contribution in [-0.4, -0.2) is 80.8 Å². The molecule has 3 fully saturated rings. The Morgan fingerprint density at radius 1 is 0.887 bits per heavy atom. The SMILES string of the molecule is CCCCCC(CCC(C)NC1CCCCCCC1)c1ccccc1CN1CCN(c2ccc(SNC(c3ccc(NCC4CCOCC4)c([N+](=O)[O-])c3)S(=O)(=O)O)cc2)CC1. The van der Waals surface area contributed by atoms with Crippen LogP contribution in [0, 0.1) is 16.0 Å². The van der Waals surface area contributed by atoms with Crippen LogP contribution in [0.4, 0.5) is 17.1 Å². The fourth-order valence-electron chi connectivity index (χ4n) is 9.50. The number of hydrogen-bond donors (Lipinski definition) is 4.